The molecule has 1 saturated heterocycles. The van der Waals surface area contributed by atoms with E-state index in [9.17, 15) is 19.5 Å². The van der Waals surface area contributed by atoms with Crippen molar-refractivity contribution in [2.75, 3.05) is 0 Å². The highest BCUT2D eigenvalue weighted by Crippen LogP contribution is 2.53. The van der Waals surface area contributed by atoms with Gasteiger partial charge in [-0.15, -0.1) is 6.58 Å². The van der Waals surface area contributed by atoms with Crippen molar-refractivity contribution in [3.63, 3.8) is 0 Å². The van der Waals surface area contributed by atoms with Gasteiger partial charge in [0.05, 0.1) is 11.8 Å². The molecule has 7 atom stereocenters. The Kier molecular flexibility index (Phi) is 5.23. The molecule has 0 aromatic heterocycles. The third-order valence-electron chi connectivity index (χ3n) is 5.62. The Morgan fingerprint density at radius 3 is 2.52 bits per heavy atom. The van der Waals surface area contributed by atoms with Crippen molar-refractivity contribution >= 4 is 18.2 Å². The maximum Gasteiger partial charge on any atom is 0.309 e. The summed E-state index contributed by atoms with van der Waals surface area (Å²) in [6, 6.07) is 0. The molecular formula is C19H26O6. The number of aliphatic hydroxyl groups excluding tert-OH is 1. The van der Waals surface area contributed by atoms with E-state index in [-0.39, 0.29) is 11.5 Å². The van der Waals surface area contributed by atoms with Crippen molar-refractivity contribution in [3.05, 3.63) is 24.8 Å². The van der Waals surface area contributed by atoms with Crippen LogP contribution in [0.5, 0.6) is 0 Å². The number of esters is 2. The van der Waals surface area contributed by atoms with Crippen LogP contribution >= 0.6 is 0 Å². The van der Waals surface area contributed by atoms with Crippen LogP contribution in [0.1, 0.15) is 27.7 Å². The second-order valence-electron chi connectivity index (χ2n) is 7.51. The molecule has 0 spiro atoms. The molecule has 2 rings (SSSR count). The maximum atomic E-state index is 12.3. The number of fused-ring (bicyclic) bond motifs is 1. The van der Waals surface area contributed by atoms with Crippen LogP contribution in [0.2, 0.25) is 0 Å². The average molecular weight is 350 g/mol. The molecule has 1 aliphatic carbocycles. The molecule has 25 heavy (non-hydrogen) atoms. The fraction of sp³-hybridized carbons (Fsp3) is 0.632. The van der Waals surface area contributed by atoms with Gasteiger partial charge in [-0.3, -0.25) is 14.4 Å². The Balaban J connectivity index is 2.58. The lowest BCUT2D eigenvalue weighted by Crippen LogP contribution is -2.61. The summed E-state index contributed by atoms with van der Waals surface area (Å²) in [7, 11) is 0. The van der Waals surface area contributed by atoms with Crippen LogP contribution in [0.15, 0.2) is 24.8 Å². The second kappa shape index (κ2) is 6.75. The molecule has 0 radical (unpaired) electrons. The lowest BCUT2D eigenvalue weighted by atomic mass is 9.56. The number of carbonyl (C=O) groups excluding carboxylic acids is 3. The van der Waals surface area contributed by atoms with Gasteiger partial charge in [0.15, 0.2) is 0 Å². The normalized spacial score (nSPS) is 40.2. The second-order valence-corrected chi connectivity index (χ2v) is 7.51. The summed E-state index contributed by atoms with van der Waals surface area (Å²) in [5.74, 6) is -3.09. The van der Waals surface area contributed by atoms with E-state index in [4.69, 9.17) is 9.47 Å². The van der Waals surface area contributed by atoms with E-state index in [0.29, 0.717) is 6.29 Å². The summed E-state index contributed by atoms with van der Waals surface area (Å²) in [5, 5.41) is 10.9. The quantitative estimate of drug-likeness (QED) is 0.351. The zero-order valence-corrected chi connectivity index (χ0v) is 15.1. The standard InChI is InChI=1S/C19H26O6/c1-7-19(6)13(10(4)8-20)14(24-17(22)9(2)3)12-11(5)18(23)25-15(12)16(19)21/h7-9,11-16,21H,1,4H2,2-3,5-6H3/t11-,12+,13-,14-,15+,16-,19+/m1/s1. The Morgan fingerprint density at radius 2 is 2.04 bits per heavy atom. The number of hydrogen-bond donors (Lipinski definition) is 1. The van der Waals surface area contributed by atoms with Crippen LogP contribution in [-0.2, 0) is 23.9 Å². The minimum atomic E-state index is -1.08. The summed E-state index contributed by atoms with van der Waals surface area (Å²) in [5.41, 5.74) is -0.848. The third-order valence-corrected chi connectivity index (χ3v) is 5.62. The Morgan fingerprint density at radius 1 is 1.44 bits per heavy atom. The molecule has 1 aliphatic heterocycles. The number of rotatable bonds is 5. The van der Waals surface area contributed by atoms with Gasteiger partial charge in [0, 0.05) is 17.3 Å². The minimum absolute atomic E-state index is 0.188. The number of aldehydes is 1. The van der Waals surface area contributed by atoms with E-state index >= 15 is 0 Å². The van der Waals surface area contributed by atoms with E-state index in [0.717, 1.165) is 0 Å². The Bertz CT molecular complexity index is 609. The smallest absolute Gasteiger partial charge is 0.309 e. The van der Waals surface area contributed by atoms with Gasteiger partial charge in [0.2, 0.25) is 0 Å². The summed E-state index contributed by atoms with van der Waals surface area (Å²) < 4.78 is 11.1. The van der Waals surface area contributed by atoms with Crippen LogP contribution in [0, 0.1) is 29.1 Å². The predicted molar refractivity (Wildman–Crippen MR) is 90.3 cm³/mol. The fourth-order valence-electron chi connectivity index (χ4n) is 3.97. The van der Waals surface area contributed by atoms with Gasteiger partial charge in [-0.1, -0.05) is 40.3 Å². The summed E-state index contributed by atoms with van der Waals surface area (Å²) in [6.07, 6.45) is -0.616. The van der Waals surface area contributed by atoms with Gasteiger partial charge >= 0.3 is 11.9 Å². The first-order valence-electron chi connectivity index (χ1n) is 8.46. The molecule has 1 heterocycles. The van der Waals surface area contributed by atoms with Gasteiger partial charge in [0.25, 0.3) is 0 Å². The van der Waals surface area contributed by atoms with Gasteiger partial charge < -0.3 is 14.6 Å². The fourth-order valence-corrected chi connectivity index (χ4v) is 3.97. The van der Waals surface area contributed by atoms with Crippen molar-refractivity contribution in [1.82, 2.24) is 0 Å². The van der Waals surface area contributed by atoms with E-state index in [2.05, 4.69) is 13.2 Å². The van der Waals surface area contributed by atoms with Crippen molar-refractivity contribution < 1.29 is 29.0 Å². The van der Waals surface area contributed by atoms with Crippen LogP contribution in [-0.4, -0.2) is 41.6 Å². The molecule has 6 heteroatoms. The lowest BCUT2D eigenvalue weighted by Gasteiger charge is -2.51. The summed E-state index contributed by atoms with van der Waals surface area (Å²) in [6.45, 7) is 14.3. The SMILES string of the molecule is C=C[C@]1(C)[C@H](O)[C@H]2OC(=O)[C@H](C)[C@H]2[C@@H](OC(=O)C(C)C)[C@H]1C(=C)C=O. The molecule has 138 valence electrons. The summed E-state index contributed by atoms with van der Waals surface area (Å²) >= 11 is 0. The zero-order chi connectivity index (χ0) is 19.1. The van der Waals surface area contributed by atoms with Gasteiger partial charge in [0.1, 0.15) is 24.6 Å². The molecule has 2 aliphatic rings. The monoisotopic (exact) mass is 350 g/mol. The highest BCUT2D eigenvalue weighted by Gasteiger charge is 2.64. The van der Waals surface area contributed by atoms with E-state index < -0.39 is 53.4 Å². The summed E-state index contributed by atoms with van der Waals surface area (Å²) in [4.78, 5) is 35.8. The van der Waals surface area contributed by atoms with Crippen molar-refractivity contribution in [3.8, 4) is 0 Å². The Hall–Kier alpha value is -1.95. The molecule has 0 amide bonds. The topological polar surface area (TPSA) is 89.9 Å². The van der Waals surface area contributed by atoms with Crippen molar-refractivity contribution in [2.24, 2.45) is 29.1 Å². The van der Waals surface area contributed by atoms with E-state index in [1.807, 2.05) is 0 Å². The first kappa shape index (κ1) is 19.4. The highest BCUT2D eigenvalue weighted by molar-refractivity contribution is 5.78. The number of ether oxygens (including phenoxy) is 2. The molecular weight excluding hydrogens is 324 g/mol. The third kappa shape index (κ3) is 2.92. The molecule has 6 nitrogen and oxygen atoms in total. The number of hydrogen-bond acceptors (Lipinski definition) is 6. The van der Waals surface area contributed by atoms with Gasteiger partial charge in [-0.2, -0.15) is 0 Å². The molecule has 0 aromatic rings. The van der Waals surface area contributed by atoms with Crippen LogP contribution < -0.4 is 0 Å². The minimum Gasteiger partial charge on any atom is -0.461 e. The zero-order valence-electron chi connectivity index (χ0n) is 15.1. The molecule has 0 bridgehead atoms. The van der Waals surface area contributed by atoms with Gasteiger partial charge in [-0.05, 0) is 5.57 Å². The average Bonchev–Trinajstić information content (AvgIpc) is 2.87. The first-order valence-corrected chi connectivity index (χ1v) is 8.46. The van der Waals surface area contributed by atoms with Crippen molar-refractivity contribution in [2.45, 2.75) is 46.0 Å². The first-order chi connectivity index (χ1) is 11.6. The van der Waals surface area contributed by atoms with Crippen LogP contribution in [0.25, 0.3) is 0 Å². The molecule has 2 fully saturated rings. The van der Waals surface area contributed by atoms with Crippen molar-refractivity contribution in [1.29, 1.82) is 0 Å². The maximum absolute atomic E-state index is 12.3. The predicted octanol–water partition coefficient (Wildman–Crippen LogP) is 1.67. The van der Waals surface area contributed by atoms with E-state index in [1.54, 1.807) is 27.7 Å². The van der Waals surface area contributed by atoms with Crippen LogP contribution in [0.3, 0.4) is 0 Å². The molecule has 0 aromatic carbocycles. The van der Waals surface area contributed by atoms with E-state index in [1.165, 1.54) is 6.08 Å². The van der Waals surface area contributed by atoms with Gasteiger partial charge in [-0.25, -0.2) is 0 Å². The molecule has 1 saturated carbocycles. The Labute approximate surface area is 147 Å². The number of aliphatic hydroxyl groups is 1. The highest BCUT2D eigenvalue weighted by atomic mass is 16.6. The lowest BCUT2D eigenvalue weighted by molar-refractivity contribution is -0.189. The molecule has 0 unspecified atom stereocenters. The molecule has 1 N–H and O–H groups in total. The largest absolute Gasteiger partial charge is 0.461 e. The number of carbonyl (C=O) groups is 3. The van der Waals surface area contributed by atoms with Crippen LogP contribution in [0.4, 0.5) is 0 Å².